The molecule has 106 valence electrons. The monoisotopic (exact) mass is 285 g/mol. The molecule has 1 fully saturated rings. The lowest BCUT2D eigenvalue weighted by Gasteiger charge is -2.31. The van der Waals surface area contributed by atoms with Crippen molar-refractivity contribution in [2.45, 2.75) is 25.9 Å². The van der Waals surface area contributed by atoms with E-state index in [0.29, 0.717) is 35.4 Å². The van der Waals surface area contributed by atoms with Gasteiger partial charge in [0.15, 0.2) is 5.13 Å². The zero-order valence-corrected chi connectivity index (χ0v) is 11.8. The summed E-state index contributed by atoms with van der Waals surface area (Å²) in [6.07, 6.45) is 1.75. The third-order valence-corrected chi connectivity index (χ3v) is 4.16. The summed E-state index contributed by atoms with van der Waals surface area (Å²) in [7, 11) is 0. The predicted molar refractivity (Wildman–Crippen MR) is 73.2 cm³/mol. The SMILES string of the molecule is Cc1nc(N)sc1C(=O)N1CCC(OCCO)CC1. The molecule has 2 rings (SSSR count). The molecule has 1 saturated heterocycles. The first-order chi connectivity index (χ1) is 9.11. The van der Waals surface area contributed by atoms with Gasteiger partial charge < -0.3 is 20.5 Å². The molecule has 0 spiro atoms. The normalized spacial score (nSPS) is 16.8. The molecule has 0 radical (unpaired) electrons. The number of aromatic nitrogens is 1. The van der Waals surface area contributed by atoms with Crippen LogP contribution in [-0.4, -0.2) is 53.3 Å². The topological polar surface area (TPSA) is 88.7 Å². The Morgan fingerprint density at radius 1 is 1.58 bits per heavy atom. The summed E-state index contributed by atoms with van der Waals surface area (Å²) < 4.78 is 5.48. The number of carbonyl (C=O) groups is 1. The first-order valence-corrected chi connectivity index (χ1v) is 7.18. The summed E-state index contributed by atoms with van der Waals surface area (Å²) in [5.74, 6) is 0.00677. The van der Waals surface area contributed by atoms with Crippen molar-refractivity contribution in [3.05, 3.63) is 10.6 Å². The number of nitrogens with zero attached hydrogens (tertiary/aromatic N) is 2. The van der Waals surface area contributed by atoms with E-state index in [1.165, 1.54) is 11.3 Å². The van der Waals surface area contributed by atoms with E-state index in [9.17, 15) is 4.79 Å². The van der Waals surface area contributed by atoms with Crippen molar-refractivity contribution in [3.8, 4) is 0 Å². The van der Waals surface area contributed by atoms with Gasteiger partial charge in [0.2, 0.25) is 0 Å². The molecule has 1 aromatic rings. The Hall–Kier alpha value is -1.18. The highest BCUT2D eigenvalue weighted by Crippen LogP contribution is 2.23. The quantitative estimate of drug-likeness (QED) is 0.848. The van der Waals surface area contributed by atoms with Gasteiger partial charge in [-0.1, -0.05) is 11.3 Å². The predicted octanol–water partition coefficient (Wildman–Crippen LogP) is 0.647. The third kappa shape index (κ3) is 3.43. The van der Waals surface area contributed by atoms with Crippen LogP contribution in [0.25, 0.3) is 0 Å². The number of ether oxygens (including phenoxy) is 1. The summed E-state index contributed by atoms with van der Waals surface area (Å²) in [6, 6.07) is 0. The number of aryl methyl sites for hydroxylation is 1. The highest BCUT2D eigenvalue weighted by Gasteiger charge is 2.26. The number of hydrogen-bond donors (Lipinski definition) is 2. The summed E-state index contributed by atoms with van der Waals surface area (Å²) in [5, 5.41) is 9.14. The number of nitrogen functional groups attached to an aromatic ring is 1. The molecule has 0 bridgehead atoms. The van der Waals surface area contributed by atoms with E-state index in [0.717, 1.165) is 12.8 Å². The van der Waals surface area contributed by atoms with Gasteiger partial charge in [-0.05, 0) is 19.8 Å². The number of hydrogen-bond acceptors (Lipinski definition) is 6. The van der Waals surface area contributed by atoms with Gasteiger partial charge in [-0.15, -0.1) is 0 Å². The number of amides is 1. The average Bonchev–Trinajstić information content (AvgIpc) is 2.75. The van der Waals surface area contributed by atoms with Crippen LogP contribution >= 0.6 is 11.3 Å². The molecule has 0 aromatic carbocycles. The van der Waals surface area contributed by atoms with E-state index < -0.39 is 0 Å². The van der Waals surface area contributed by atoms with Crippen molar-refractivity contribution in [2.24, 2.45) is 0 Å². The van der Waals surface area contributed by atoms with E-state index in [4.69, 9.17) is 15.6 Å². The van der Waals surface area contributed by atoms with Gasteiger partial charge in [-0.2, -0.15) is 0 Å². The molecule has 1 aliphatic heterocycles. The lowest BCUT2D eigenvalue weighted by atomic mass is 10.1. The molecule has 0 saturated carbocycles. The minimum absolute atomic E-state index is 0.00677. The van der Waals surface area contributed by atoms with Crippen molar-refractivity contribution in [3.63, 3.8) is 0 Å². The van der Waals surface area contributed by atoms with Crippen LogP contribution in [0.4, 0.5) is 5.13 Å². The van der Waals surface area contributed by atoms with Gasteiger partial charge in [0.1, 0.15) is 4.88 Å². The van der Waals surface area contributed by atoms with Crippen LogP contribution in [0.3, 0.4) is 0 Å². The molecular weight excluding hydrogens is 266 g/mol. The van der Waals surface area contributed by atoms with Gasteiger partial charge in [-0.25, -0.2) is 4.98 Å². The lowest BCUT2D eigenvalue weighted by Crippen LogP contribution is -2.41. The molecule has 1 aliphatic rings. The van der Waals surface area contributed by atoms with E-state index in [2.05, 4.69) is 4.98 Å². The van der Waals surface area contributed by atoms with Crippen LogP contribution in [0.1, 0.15) is 28.2 Å². The van der Waals surface area contributed by atoms with Gasteiger partial charge in [0.05, 0.1) is 25.0 Å². The maximum absolute atomic E-state index is 12.3. The standard InChI is InChI=1S/C12H19N3O3S/c1-8-10(19-12(13)14-8)11(17)15-4-2-9(3-5-15)18-7-6-16/h9,16H,2-7H2,1H3,(H2,13,14). The number of carbonyl (C=O) groups excluding carboxylic acids is 1. The van der Waals surface area contributed by atoms with Crippen LogP contribution in [0.15, 0.2) is 0 Å². The van der Waals surface area contributed by atoms with Crippen LogP contribution in [0.5, 0.6) is 0 Å². The van der Waals surface area contributed by atoms with Crippen LogP contribution < -0.4 is 5.73 Å². The minimum Gasteiger partial charge on any atom is -0.394 e. The maximum Gasteiger partial charge on any atom is 0.265 e. The Morgan fingerprint density at radius 3 is 2.79 bits per heavy atom. The van der Waals surface area contributed by atoms with Crippen molar-refractivity contribution < 1.29 is 14.6 Å². The molecule has 7 heteroatoms. The molecule has 1 amide bonds. The summed E-state index contributed by atoms with van der Waals surface area (Å²) in [4.78, 5) is 18.8. The largest absolute Gasteiger partial charge is 0.394 e. The second kappa shape index (κ2) is 6.31. The highest BCUT2D eigenvalue weighted by molar-refractivity contribution is 7.17. The number of piperidine rings is 1. The average molecular weight is 285 g/mol. The lowest BCUT2D eigenvalue weighted by molar-refractivity contribution is -0.00546. The number of likely N-dealkylation sites (tertiary alicyclic amines) is 1. The van der Waals surface area contributed by atoms with Crippen LogP contribution in [0, 0.1) is 6.92 Å². The Balaban J connectivity index is 1.91. The first kappa shape index (κ1) is 14.2. The van der Waals surface area contributed by atoms with Gasteiger partial charge in [-0.3, -0.25) is 4.79 Å². The van der Waals surface area contributed by atoms with Gasteiger partial charge in [0.25, 0.3) is 5.91 Å². The van der Waals surface area contributed by atoms with Crippen LogP contribution in [0.2, 0.25) is 0 Å². The Labute approximate surface area is 116 Å². The molecule has 3 N–H and O–H groups in total. The fourth-order valence-electron chi connectivity index (χ4n) is 2.20. The van der Waals surface area contributed by atoms with E-state index in [1.54, 1.807) is 6.92 Å². The minimum atomic E-state index is 0.00677. The summed E-state index contributed by atoms with van der Waals surface area (Å²) >= 11 is 1.24. The number of rotatable bonds is 4. The Bertz CT molecular complexity index is 441. The molecule has 19 heavy (non-hydrogen) atoms. The van der Waals surface area contributed by atoms with Gasteiger partial charge >= 0.3 is 0 Å². The molecule has 6 nitrogen and oxygen atoms in total. The number of nitrogens with two attached hydrogens (primary N) is 1. The van der Waals surface area contributed by atoms with Gasteiger partial charge in [0, 0.05) is 13.1 Å². The second-order valence-electron chi connectivity index (χ2n) is 4.55. The molecule has 1 aromatic heterocycles. The number of thiazole rings is 1. The van der Waals surface area contributed by atoms with E-state index in [-0.39, 0.29) is 18.6 Å². The first-order valence-electron chi connectivity index (χ1n) is 6.36. The third-order valence-electron chi connectivity index (χ3n) is 3.18. The Morgan fingerprint density at radius 2 is 2.26 bits per heavy atom. The number of aliphatic hydroxyl groups is 1. The summed E-state index contributed by atoms with van der Waals surface area (Å²) in [5.41, 5.74) is 6.32. The summed E-state index contributed by atoms with van der Waals surface area (Å²) in [6.45, 7) is 3.55. The molecule has 0 unspecified atom stereocenters. The fourth-order valence-corrected chi connectivity index (χ4v) is 3.01. The van der Waals surface area contributed by atoms with E-state index >= 15 is 0 Å². The zero-order valence-electron chi connectivity index (χ0n) is 11.0. The smallest absolute Gasteiger partial charge is 0.265 e. The van der Waals surface area contributed by atoms with Crippen molar-refractivity contribution in [2.75, 3.05) is 32.0 Å². The Kier molecular flexibility index (Phi) is 4.73. The van der Waals surface area contributed by atoms with Crippen molar-refractivity contribution in [1.82, 2.24) is 9.88 Å². The molecule has 0 atom stereocenters. The highest BCUT2D eigenvalue weighted by atomic mass is 32.1. The number of aliphatic hydroxyl groups excluding tert-OH is 1. The van der Waals surface area contributed by atoms with Crippen molar-refractivity contribution >= 4 is 22.4 Å². The molecule has 0 aliphatic carbocycles. The fraction of sp³-hybridized carbons (Fsp3) is 0.667. The maximum atomic E-state index is 12.3. The van der Waals surface area contributed by atoms with E-state index in [1.807, 2.05) is 4.90 Å². The molecule has 2 heterocycles. The zero-order chi connectivity index (χ0) is 13.8. The number of anilines is 1. The molecular formula is C12H19N3O3S. The second-order valence-corrected chi connectivity index (χ2v) is 5.58. The van der Waals surface area contributed by atoms with Crippen molar-refractivity contribution in [1.29, 1.82) is 0 Å². The van der Waals surface area contributed by atoms with Crippen LogP contribution in [-0.2, 0) is 4.74 Å².